The largest absolute Gasteiger partial charge is 0.0654 e. The Morgan fingerprint density at radius 2 is 1.36 bits per heavy atom. The van der Waals surface area contributed by atoms with E-state index in [4.69, 9.17) is 0 Å². The molecule has 140 valence electrons. The lowest BCUT2D eigenvalue weighted by Crippen LogP contribution is -2.25. The standard InChI is InChI=1S/C25H40/c1-4-6-20-7-9-22(10-8-20)24-15-17-25(18-16-24)23-13-11-21(12-14-23)19(3)5-2/h11-14,19-20,22,24-25H,4-10,15-18H2,1-3H3. The zero-order valence-electron chi connectivity index (χ0n) is 17.0. The van der Waals surface area contributed by atoms with Crippen LogP contribution < -0.4 is 0 Å². The minimum absolute atomic E-state index is 0.702. The first-order valence-corrected chi connectivity index (χ1v) is 11.3. The van der Waals surface area contributed by atoms with Crippen LogP contribution in [0.15, 0.2) is 24.3 Å². The van der Waals surface area contributed by atoms with E-state index in [1.807, 2.05) is 0 Å². The molecule has 2 aliphatic carbocycles. The van der Waals surface area contributed by atoms with Crippen LogP contribution in [0.1, 0.15) is 114 Å². The van der Waals surface area contributed by atoms with Gasteiger partial charge in [-0.1, -0.05) is 70.7 Å². The minimum Gasteiger partial charge on any atom is -0.0654 e. The van der Waals surface area contributed by atoms with E-state index >= 15 is 0 Å². The van der Waals surface area contributed by atoms with Gasteiger partial charge in [0, 0.05) is 0 Å². The maximum atomic E-state index is 2.43. The molecule has 0 aliphatic heterocycles. The highest BCUT2D eigenvalue weighted by Gasteiger charge is 2.31. The van der Waals surface area contributed by atoms with Crippen LogP contribution in [0.2, 0.25) is 0 Å². The van der Waals surface area contributed by atoms with Gasteiger partial charge >= 0.3 is 0 Å². The van der Waals surface area contributed by atoms with Crippen LogP contribution in [0.3, 0.4) is 0 Å². The van der Waals surface area contributed by atoms with Gasteiger partial charge in [0.1, 0.15) is 0 Å². The monoisotopic (exact) mass is 340 g/mol. The molecule has 1 unspecified atom stereocenters. The van der Waals surface area contributed by atoms with Gasteiger partial charge < -0.3 is 0 Å². The molecule has 0 radical (unpaired) electrons. The fourth-order valence-corrected chi connectivity index (χ4v) is 5.61. The van der Waals surface area contributed by atoms with Crippen molar-refractivity contribution in [2.24, 2.45) is 17.8 Å². The SMILES string of the molecule is CCCC1CCC(C2CCC(c3ccc(C(C)CC)cc3)CC2)CC1. The zero-order valence-corrected chi connectivity index (χ0v) is 17.0. The number of benzene rings is 1. The number of hydrogen-bond acceptors (Lipinski definition) is 0. The van der Waals surface area contributed by atoms with Gasteiger partial charge in [-0.05, 0) is 85.7 Å². The van der Waals surface area contributed by atoms with Crippen LogP contribution in [0.25, 0.3) is 0 Å². The van der Waals surface area contributed by atoms with Crippen LogP contribution in [-0.2, 0) is 0 Å². The topological polar surface area (TPSA) is 0 Å². The Bertz CT molecular complexity index is 483. The van der Waals surface area contributed by atoms with Gasteiger partial charge in [-0.3, -0.25) is 0 Å². The van der Waals surface area contributed by atoms with E-state index in [1.54, 1.807) is 5.56 Å². The summed E-state index contributed by atoms with van der Waals surface area (Å²) in [5.74, 6) is 4.69. The minimum atomic E-state index is 0.702. The molecule has 0 heterocycles. The molecule has 25 heavy (non-hydrogen) atoms. The first-order chi connectivity index (χ1) is 12.2. The molecule has 0 aromatic heterocycles. The Balaban J connectivity index is 1.47. The molecule has 0 bridgehead atoms. The van der Waals surface area contributed by atoms with E-state index in [0.29, 0.717) is 5.92 Å². The smallest absolute Gasteiger partial charge is 0.0162 e. The molecule has 2 saturated carbocycles. The lowest BCUT2D eigenvalue weighted by atomic mass is 9.68. The van der Waals surface area contributed by atoms with E-state index in [-0.39, 0.29) is 0 Å². The van der Waals surface area contributed by atoms with Crippen LogP contribution in [0, 0.1) is 17.8 Å². The Kier molecular flexibility index (Phi) is 7.02. The highest BCUT2D eigenvalue weighted by Crippen LogP contribution is 2.44. The van der Waals surface area contributed by atoms with Crippen LogP contribution in [-0.4, -0.2) is 0 Å². The summed E-state index contributed by atoms with van der Waals surface area (Å²) in [6, 6.07) is 9.65. The molecule has 1 aromatic rings. The third-order valence-corrected chi connectivity index (χ3v) is 7.62. The van der Waals surface area contributed by atoms with Gasteiger partial charge in [0.05, 0.1) is 0 Å². The van der Waals surface area contributed by atoms with Crippen molar-refractivity contribution in [2.75, 3.05) is 0 Å². The van der Waals surface area contributed by atoms with E-state index in [2.05, 4.69) is 45.0 Å². The van der Waals surface area contributed by atoms with Gasteiger partial charge in [-0.2, -0.15) is 0 Å². The predicted molar refractivity (Wildman–Crippen MR) is 110 cm³/mol. The summed E-state index contributed by atoms with van der Waals surface area (Å²) in [7, 11) is 0. The predicted octanol–water partition coefficient (Wildman–Crippen LogP) is 8.08. The third kappa shape index (κ3) is 4.89. The van der Waals surface area contributed by atoms with E-state index in [9.17, 15) is 0 Å². The summed E-state index contributed by atoms with van der Waals surface area (Å²) in [6.45, 7) is 6.98. The molecule has 3 rings (SSSR count). The molecule has 2 fully saturated rings. The summed E-state index contributed by atoms with van der Waals surface area (Å²) in [4.78, 5) is 0. The van der Waals surface area contributed by atoms with Gasteiger partial charge in [0.2, 0.25) is 0 Å². The van der Waals surface area contributed by atoms with Crippen molar-refractivity contribution in [1.29, 1.82) is 0 Å². The molecular formula is C25H40. The third-order valence-electron chi connectivity index (χ3n) is 7.62. The molecule has 1 atom stereocenters. The molecule has 1 aromatic carbocycles. The molecule has 2 aliphatic rings. The second-order valence-corrected chi connectivity index (χ2v) is 9.16. The average molecular weight is 341 g/mol. The van der Waals surface area contributed by atoms with Gasteiger partial charge in [0.15, 0.2) is 0 Å². The van der Waals surface area contributed by atoms with Crippen LogP contribution in [0.5, 0.6) is 0 Å². The van der Waals surface area contributed by atoms with Crippen molar-refractivity contribution >= 4 is 0 Å². The van der Waals surface area contributed by atoms with E-state index in [1.165, 1.54) is 76.2 Å². The van der Waals surface area contributed by atoms with Crippen molar-refractivity contribution in [3.05, 3.63) is 35.4 Å². The molecule has 0 saturated heterocycles. The van der Waals surface area contributed by atoms with Crippen LogP contribution >= 0.6 is 0 Å². The number of hydrogen-bond donors (Lipinski definition) is 0. The zero-order chi connectivity index (χ0) is 17.6. The normalized spacial score (nSPS) is 31.6. The molecule has 0 spiro atoms. The summed E-state index contributed by atoms with van der Waals surface area (Å²) in [5, 5.41) is 0. The lowest BCUT2D eigenvalue weighted by Gasteiger charge is -2.38. The second kappa shape index (κ2) is 9.24. The highest BCUT2D eigenvalue weighted by atomic mass is 14.4. The molecule has 0 nitrogen and oxygen atoms in total. The Hall–Kier alpha value is -0.780. The molecule has 0 amide bonds. The van der Waals surface area contributed by atoms with Crippen molar-refractivity contribution in [3.8, 4) is 0 Å². The summed E-state index contributed by atoms with van der Waals surface area (Å²) >= 11 is 0. The summed E-state index contributed by atoms with van der Waals surface area (Å²) in [6.07, 6.45) is 16.1. The van der Waals surface area contributed by atoms with Crippen molar-refractivity contribution in [3.63, 3.8) is 0 Å². The van der Waals surface area contributed by atoms with Gasteiger partial charge in [-0.15, -0.1) is 0 Å². The van der Waals surface area contributed by atoms with Crippen molar-refractivity contribution in [1.82, 2.24) is 0 Å². The van der Waals surface area contributed by atoms with Gasteiger partial charge in [0.25, 0.3) is 0 Å². The van der Waals surface area contributed by atoms with E-state index in [0.717, 1.165) is 23.7 Å². The maximum absolute atomic E-state index is 2.43. The first kappa shape index (κ1) is 19.0. The summed E-state index contributed by atoms with van der Waals surface area (Å²) in [5.41, 5.74) is 3.13. The van der Waals surface area contributed by atoms with E-state index < -0.39 is 0 Å². The Morgan fingerprint density at radius 3 is 1.88 bits per heavy atom. The molecular weight excluding hydrogens is 300 g/mol. The number of rotatable bonds is 6. The van der Waals surface area contributed by atoms with Crippen molar-refractivity contribution in [2.45, 2.75) is 103 Å². The van der Waals surface area contributed by atoms with Crippen LogP contribution in [0.4, 0.5) is 0 Å². The second-order valence-electron chi connectivity index (χ2n) is 9.16. The molecule has 0 N–H and O–H groups in total. The quantitative estimate of drug-likeness (QED) is 0.491. The summed E-state index contributed by atoms with van der Waals surface area (Å²) < 4.78 is 0. The van der Waals surface area contributed by atoms with Crippen molar-refractivity contribution < 1.29 is 0 Å². The van der Waals surface area contributed by atoms with Gasteiger partial charge in [-0.25, -0.2) is 0 Å². The molecule has 0 heteroatoms. The highest BCUT2D eigenvalue weighted by molar-refractivity contribution is 5.27. The first-order valence-electron chi connectivity index (χ1n) is 11.3. The fourth-order valence-electron chi connectivity index (χ4n) is 5.61. The lowest BCUT2D eigenvalue weighted by molar-refractivity contribution is 0.156. The Labute approximate surface area is 156 Å². The average Bonchev–Trinajstić information content (AvgIpc) is 2.68. The Morgan fingerprint density at radius 1 is 0.800 bits per heavy atom. The fraction of sp³-hybridized carbons (Fsp3) is 0.760. The maximum Gasteiger partial charge on any atom is -0.0162 e.